The van der Waals surface area contributed by atoms with E-state index in [1.165, 1.54) is 24.2 Å². The first-order chi connectivity index (χ1) is 8.06. The Kier molecular flexibility index (Phi) is 3.67. The average molecular weight is 233 g/mol. The number of nitrogens with one attached hydrogen (secondary N) is 1. The van der Waals surface area contributed by atoms with Crippen LogP contribution in [-0.2, 0) is 6.54 Å². The van der Waals surface area contributed by atoms with Crippen molar-refractivity contribution in [3.8, 4) is 0 Å². The molecule has 17 heavy (non-hydrogen) atoms. The zero-order chi connectivity index (χ0) is 12.3. The van der Waals surface area contributed by atoms with Crippen LogP contribution in [0.15, 0.2) is 18.3 Å². The summed E-state index contributed by atoms with van der Waals surface area (Å²) >= 11 is 0. The summed E-state index contributed by atoms with van der Waals surface area (Å²) < 4.78 is 0. The molecule has 0 bridgehead atoms. The van der Waals surface area contributed by atoms with Gasteiger partial charge in [-0.3, -0.25) is 0 Å². The normalized spacial score (nSPS) is 16.5. The third-order valence-corrected chi connectivity index (χ3v) is 3.08. The van der Waals surface area contributed by atoms with Gasteiger partial charge in [-0.15, -0.1) is 0 Å². The molecular formula is C14H23N3. The van der Waals surface area contributed by atoms with Crippen molar-refractivity contribution in [2.75, 3.05) is 18.0 Å². The molecule has 1 aromatic rings. The molecule has 0 radical (unpaired) electrons. The molecular weight excluding hydrogens is 210 g/mol. The average Bonchev–Trinajstić information content (AvgIpc) is 2.79. The summed E-state index contributed by atoms with van der Waals surface area (Å²) in [6.07, 6.45) is 4.49. The van der Waals surface area contributed by atoms with E-state index >= 15 is 0 Å². The number of hydrogen-bond acceptors (Lipinski definition) is 3. The van der Waals surface area contributed by atoms with E-state index in [0.717, 1.165) is 19.6 Å². The van der Waals surface area contributed by atoms with Gasteiger partial charge in [-0.1, -0.05) is 6.07 Å². The minimum Gasteiger partial charge on any atom is -0.356 e. The minimum atomic E-state index is 0.151. The lowest BCUT2D eigenvalue weighted by molar-refractivity contribution is 0.424. The first-order valence-electron chi connectivity index (χ1n) is 6.50. The Morgan fingerprint density at radius 2 is 2.00 bits per heavy atom. The smallest absolute Gasteiger partial charge is 0.133 e. The monoisotopic (exact) mass is 233 g/mol. The highest BCUT2D eigenvalue weighted by Gasteiger charge is 2.17. The van der Waals surface area contributed by atoms with E-state index in [1.807, 2.05) is 12.3 Å². The number of pyridine rings is 1. The summed E-state index contributed by atoms with van der Waals surface area (Å²) in [6.45, 7) is 9.78. The standard InChI is InChI=1S/C14H23N3/c1-14(2,3)16-11-12-7-6-8-15-13(12)17-9-4-5-10-17/h6-8,16H,4-5,9-11H2,1-3H3. The van der Waals surface area contributed by atoms with Crippen LogP contribution in [0.4, 0.5) is 5.82 Å². The molecule has 0 spiro atoms. The molecule has 0 aromatic carbocycles. The van der Waals surface area contributed by atoms with Crippen LogP contribution in [0.5, 0.6) is 0 Å². The quantitative estimate of drug-likeness (QED) is 0.869. The number of nitrogens with zero attached hydrogens (tertiary/aromatic N) is 2. The van der Waals surface area contributed by atoms with E-state index in [9.17, 15) is 0 Å². The molecule has 1 N–H and O–H groups in total. The molecule has 2 rings (SSSR count). The Bertz CT molecular complexity index is 362. The topological polar surface area (TPSA) is 28.2 Å². The fourth-order valence-corrected chi connectivity index (χ4v) is 2.14. The van der Waals surface area contributed by atoms with Gasteiger partial charge in [0.1, 0.15) is 5.82 Å². The second-order valence-electron chi connectivity index (χ2n) is 5.78. The lowest BCUT2D eigenvalue weighted by Crippen LogP contribution is -2.35. The molecule has 3 heteroatoms. The zero-order valence-electron chi connectivity index (χ0n) is 11.2. The molecule has 94 valence electrons. The number of anilines is 1. The van der Waals surface area contributed by atoms with Crippen LogP contribution in [0, 0.1) is 0 Å². The van der Waals surface area contributed by atoms with Crippen LogP contribution in [-0.4, -0.2) is 23.6 Å². The number of hydrogen-bond donors (Lipinski definition) is 1. The van der Waals surface area contributed by atoms with Gasteiger partial charge in [0, 0.05) is 36.9 Å². The predicted molar refractivity (Wildman–Crippen MR) is 72.3 cm³/mol. The van der Waals surface area contributed by atoms with Crippen molar-refractivity contribution in [2.45, 2.75) is 45.7 Å². The van der Waals surface area contributed by atoms with Crippen molar-refractivity contribution in [3.05, 3.63) is 23.9 Å². The maximum Gasteiger partial charge on any atom is 0.133 e. The Hall–Kier alpha value is -1.09. The van der Waals surface area contributed by atoms with Gasteiger partial charge in [0.25, 0.3) is 0 Å². The van der Waals surface area contributed by atoms with Crippen molar-refractivity contribution in [1.82, 2.24) is 10.3 Å². The SMILES string of the molecule is CC(C)(C)NCc1cccnc1N1CCCC1. The number of rotatable bonds is 3. The van der Waals surface area contributed by atoms with Crippen LogP contribution in [0.25, 0.3) is 0 Å². The van der Waals surface area contributed by atoms with Crippen molar-refractivity contribution >= 4 is 5.82 Å². The second-order valence-corrected chi connectivity index (χ2v) is 5.78. The molecule has 1 aromatic heterocycles. The van der Waals surface area contributed by atoms with Crippen LogP contribution < -0.4 is 10.2 Å². The van der Waals surface area contributed by atoms with Crippen molar-refractivity contribution in [3.63, 3.8) is 0 Å². The largest absolute Gasteiger partial charge is 0.356 e. The zero-order valence-corrected chi connectivity index (χ0v) is 11.2. The third-order valence-electron chi connectivity index (χ3n) is 3.08. The summed E-state index contributed by atoms with van der Waals surface area (Å²) in [5.41, 5.74) is 1.46. The molecule has 2 heterocycles. The Labute approximate surface area is 104 Å². The number of aromatic nitrogens is 1. The first kappa shape index (κ1) is 12.4. The van der Waals surface area contributed by atoms with Crippen LogP contribution in [0.2, 0.25) is 0 Å². The maximum atomic E-state index is 4.55. The lowest BCUT2D eigenvalue weighted by Gasteiger charge is -2.24. The summed E-state index contributed by atoms with van der Waals surface area (Å²) in [5, 5.41) is 3.54. The highest BCUT2D eigenvalue weighted by Crippen LogP contribution is 2.22. The summed E-state index contributed by atoms with van der Waals surface area (Å²) in [7, 11) is 0. The molecule has 1 aliphatic rings. The molecule has 0 unspecified atom stereocenters. The fourth-order valence-electron chi connectivity index (χ4n) is 2.14. The summed E-state index contributed by atoms with van der Waals surface area (Å²) in [5.74, 6) is 1.17. The van der Waals surface area contributed by atoms with Crippen molar-refractivity contribution in [2.24, 2.45) is 0 Å². The predicted octanol–water partition coefficient (Wildman–Crippen LogP) is 2.57. The molecule has 0 atom stereocenters. The van der Waals surface area contributed by atoms with E-state index in [0.29, 0.717) is 0 Å². The molecule has 1 fully saturated rings. The highest BCUT2D eigenvalue weighted by molar-refractivity contribution is 5.47. The van der Waals surface area contributed by atoms with Crippen LogP contribution >= 0.6 is 0 Å². The maximum absolute atomic E-state index is 4.55. The van der Waals surface area contributed by atoms with Gasteiger partial charge in [-0.25, -0.2) is 4.98 Å². The van der Waals surface area contributed by atoms with Gasteiger partial charge in [-0.05, 0) is 39.7 Å². The van der Waals surface area contributed by atoms with E-state index in [-0.39, 0.29) is 5.54 Å². The summed E-state index contributed by atoms with van der Waals surface area (Å²) in [6, 6.07) is 4.21. The van der Waals surface area contributed by atoms with Gasteiger partial charge in [-0.2, -0.15) is 0 Å². The van der Waals surface area contributed by atoms with Crippen molar-refractivity contribution < 1.29 is 0 Å². The first-order valence-corrected chi connectivity index (χ1v) is 6.50. The van der Waals surface area contributed by atoms with Gasteiger partial charge < -0.3 is 10.2 Å². The van der Waals surface area contributed by atoms with Crippen LogP contribution in [0.3, 0.4) is 0 Å². The Balaban J connectivity index is 2.10. The third kappa shape index (κ3) is 3.43. The van der Waals surface area contributed by atoms with Gasteiger partial charge in [0.15, 0.2) is 0 Å². The lowest BCUT2D eigenvalue weighted by atomic mass is 10.1. The fraction of sp³-hybridized carbons (Fsp3) is 0.643. The molecule has 1 aliphatic heterocycles. The molecule has 0 aliphatic carbocycles. The van der Waals surface area contributed by atoms with Crippen molar-refractivity contribution in [1.29, 1.82) is 0 Å². The van der Waals surface area contributed by atoms with E-state index in [2.05, 4.69) is 42.0 Å². The van der Waals surface area contributed by atoms with E-state index in [4.69, 9.17) is 0 Å². The Morgan fingerprint density at radius 1 is 1.29 bits per heavy atom. The second kappa shape index (κ2) is 5.05. The highest BCUT2D eigenvalue weighted by atomic mass is 15.2. The van der Waals surface area contributed by atoms with E-state index < -0.39 is 0 Å². The molecule has 0 saturated carbocycles. The van der Waals surface area contributed by atoms with Gasteiger partial charge in [0.05, 0.1) is 0 Å². The summed E-state index contributed by atoms with van der Waals surface area (Å²) in [4.78, 5) is 6.95. The van der Waals surface area contributed by atoms with Gasteiger partial charge >= 0.3 is 0 Å². The molecule has 3 nitrogen and oxygen atoms in total. The molecule has 0 amide bonds. The van der Waals surface area contributed by atoms with Crippen LogP contribution in [0.1, 0.15) is 39.2 Å². The Morgan fingerprint density at radius 3 is 2.65 bits per heavy atom. The van der Waals surface area contributed by atoms with E-state index in [1.54, 1.807) is 0 Å². The molecule has 1 saturated heterocycles. The van der Waals surface area contributed by atoms with Gasteiger partial charge in [0.2, 0.25) is 0 Å². The minimum absolute atomic E-state index is 0.151.